The summed E-state index contributed by atoms with van der Waals surface area (Å²) in [6, 6.07) is 5.12. The van der Waals surface area contributed by atoms with E-state index < -0.39 is 16.2 Å². The Morgan fingerprint density at radius 2 is 1.96 bits per heavy atom. The second kappa shape index (κ2) is 8.08. The highest BCUT2D eigenvalue weighted by molar-refractivity contribution is 7.99. The van der Waals surface area contributed by atoms with Gasteiger partial charge in [0.15, 0.2) is 0 Å². The van der Waals surface area contributed by atoms with Gasteiger partial charge < -0.3 is 5.32 Å². The number of pyridine rings is 1. The summed E-state index contributed by atoms with van der Waals surface area (Å²) < 4.78 is 1.22. The fourth-order valence-electron chi connectivity index (χ4n) is 4.47. The number of fused-ring (bicyclic) bond motifs is 1. The minimum Gasteiger partial charge on any atom is -0.362 e. The van der Waals surface area contributed by atoms with Crippen molar-refractivity contribution in [3.8, 4) is 0 Å². The van der Waals surface area contributed by atoms with Crippen molar-refractivity contribution in [1.82, 2.24) is 14.3 Å². The molecule has 9 heteroatoms. The summed E-state index contributed by atoms with van der Waals surface area (Å²) in [4.78, 5) is 30.6. The molecule has 1 saturated heterocycles. The summed E-state index contributed by atoms with van der Waals surface area (Å²) in [7, 11) is 0. The Morgan fingerprint density at radius 3 is 2.68 bits per heavy atom. The molecule has 2 fully saturated rings. The van der Waals surface area contributed by atoms with Crippen molar-refractivity contribution in [3.63, 3.8) is 0 Å². The number of anilines is 1. The quantitative estimate of drug-likeness (QED) is 0.606. The van der Waals surface area contributed by atoms with E-state index >= 15 is 0 Å². The molecule has 2 aliphatic rings. The molecule has 0 atom stereocenters. The molecular weight excluding hydrogens is 378 g/mol. The van der Waals surface area contributed by atoms with E-state index in [2.05, 4.69) is 15.2 Å². The highest BCUT2D eigenvalue weighted by atomic mass is 32.2. The Balaban J connectivity index is 1.67. The van der Waals surface area contributed by atoms with Gasteiger partial charge in [0.2, 0.25) is 5.82 Å². The van der Waals surface area contributed by atoms with Crippen molar-refractivity contribution in [3.05, 3.63) is 44.9 Å². The minimum absolute atomic E-state index is 0.0172. The number of nitrogens with one attached hydrogen (secondary N) is 1. The maximum Gasteiger partial charge on any atom is 0.376 e. The van der Waals surface area contributed by atoms with E-state index in [4.69, 9.17) is 0 Å². The summed E-state index contributed by atoms with van der Waals surface area (Å²) in [5.74, 6) is 2.33. The summed E-state index contributed by atoms with van der Waals surface area (Å²) in [5.41, 5.74) is -0.738. The second-order valence-electron chi connectivity index (χ2n) is 7.54. The standard InChI is InChI=1S/C19H25N5O3S/c25-18-16(24(26)27)17(21-15-6-2-5-9-23(15)18)20-14-19(7-3-1-4-8-19)22-10-12-28-13-11-22/h2,5-6,9,20H,1,3-4,7-8,10-14H2. The fraction of sp³-hybridized carbons (Fsp3) is 0.579. The molecule has 2 aromatic rings. The molecule has 0 radical (unpaired) electrons. The first-order chi connectivity index (χ1) is 13.6. The lowest BCUT2D eigenvalue weighted by Gasteiger charge is -2.48. The minimum atomic E-state index is -0.648. The molecule has 1 aliphatic carbocycles. The number of hydrogen-bond donors (Lipinski definition) is 1. The van der Waals surface area contributed by atoms with Gasteiger partial charge in [0.05, 0.1) is 4.92 Å². The number of rotatable bonds is 5. The van der Waals surface area contributed by atoms with Crippen LogP contribution in [-0.4, -0.2) is 55.9 Å². The Morgan fingerprint density at radius 1 is 1.21 bits per heavy atom. The third-order valence-electron chi connectivity index (χ3n) is 5.94. The van der Waals surface area contributed by atoms with Crippen LogP contribution in [0.25, 0.3) is 5.65 Å². The lowest BCUT2D eigenvalue weighted by Crippen LogP contribution is -2.57. The predicted molar refractivity (Wildman–Crippen MR) is 111 cm³/mol. The molecule has 0 amide bonds. The summed E-state index contributed by atoms with van der Waals surface area (Å²) >= 11 is 1.98. The van der Waals surface area contributed by atoms with Crippen LogP contribution in [0.15, 0.2) is 29.2 Å². The van der Waals surface area contributed by atoms with E-state index in [0.717, 1.165) is 37.4 Å². The van der Waals surface area contributed by atoms with Crippen LogP contribution in [0.5, 0.6) is 0 Å². The van der Waals surface area contributed by atoms with E-state index in [1.54, 1.807) is 18.2 Å². The largest absolute Gasteiger partial charge is 0.376 e. The van der Waals surface area contributed by atoms with E-state index in [9.17, 15) is 14.9 Å². The average Bonchev–Trinajstić information content (AvgIpc) is 2.73. The Hall–Kier alpha value is -2.13. The van der Waals surface area contributed by atoms with Gasteiger partial charge in [0.1, 0.15) is 5.65 Å². The Bertz CT molecular complexity index is 919. The molecule has 28 heavy (non-hydrogen) atoms. The topological polar surface area (TPSA) is 92.8 Å². The third kappa shape index (κ3) is 3.60. The van der Waals surface area contributed by atoms with Crippen LogP contribution >= 0.6 is 11.8 Å². The van der Waals surface area contributed by atoms with Crippen LogP contribution < -0.4 is 10.9 Å². The average molecular weight is 404 g/mol. The highest BCUT2D eigenvalue weighted by Crippen LogP contribution is 2.36. The van der Waals surface area contributed by atoms with Crippen LogP contribution in [-0.2, 0) is 0 Å². The molecule has 150 valence electrons. The monoisotopic (exact) mass is 403 g/mol. The summed E-state index contributed by atoms with van der Waals surface area (Å²) in [6.07, 6.45) is 7.23. The van der Waals surface area contributed by atoms with Crippen LogP contribution in [0.2, 0.25) is 0 Å². The Labute approximate surface area is 167 Å². The van der Waals surface area contributed by atoms with Crippen molar-refractivity contribution in [2.45, 2.75) is 37.6 Å². The smallest absolute Gasteiger partial charge is 0.362 e. The normalized spacial score (nSPS) is 20.1. The first kappa shape index (κ1) is 19.2. The molecule has 4 rings (SSSR count). The molecule has 0 aromatic carbocycles. The lowest BCUT2D eigenvalue weighted by atomic mass is 9.80. The maximum atomic E-state index is 12.7. The van der Waals surface area contributed by atoms with Gasteiger partial charge >= 0.3 is 11.2 Å². The second-order valence-corrected chi connectivity index (χ2v) is 8.76. The number of aromatic nitrogens is 2. The third-order valence-corrected chi connectivity index (χ3v) is 6.89. The molecule has 8 nitrogen and oxygen atoms in total. The zero-order chi connectivity index (χ0) is 19.6. The zero-order valence-electron chi connectivity index (χ0n) is 15.8. The van der Waals surface area contributed by atoms with Crippen LogP contribution in [0.1, 0.15) is 32.1 Å². The van der Waals surface area contributed by atoms with Crippen molar-refractivity contribution in [2.24, 2.45) is 0 Å². The van der Waals surface area contributed by atoms with Crippen LogP contribution in [0.4, 0.5) is 11.5 Å². The molecule has 2 aromatic heterocycles. The van der Waals surface area contributed by atoms with Crippen molar-refractivity contribution < 1.29 is 4.92 Å². The van der Waals surface area contributed by atoms with E-state index in [1.807, 2.05) is 11.8 Å². The van der Waals surface area contributed by atoms with Gasteiger partial charge in [-0.3, -0.25) is 24.2 Å². The fourth-order valence-corrected chi connectivity index (χ4v) is 5.37. The van der Waals surface area contributed by atoms with Gasteiger partial charge in [-0.25, -0.2) is 4.98 Å². The van der Waals surface area contributed by atoms with Gasteiger partial charge in [0.25, 0.3) is 0 Å². The Kier molecular flexibility index (Phi) is 5.54. The van der Waals surface area contributed by atoms with E-state index in [1.165, 1.54) is 29.9 Å². The predicted octanol–water partition coefficient (Wildman–Crippen LogP) is 2.77. The molecule has 0 spiro atoms. The SMILES string of the molecule is O=c1c([N+](=O)[O-])c(NCC2(N3CCSCC3)CCCCC2)nc2ccccn12. The number of hydrogen-bond acceptors (Lipinski definition) is 7. The van der Waals surface area contributed by atoms with Gasteiger partial charge in [-0.05, 0) is 25.0 Å². The van der Waals surface area contributed by atoms with Crippen LogP contribution in [0.3, 0.4) is 0 Å². The molecule has 1 N–H and O–H groups in total. The summed E-state index contributed by atoms with van der Waals surface area (Å²) in [6.45, 7) is 2.67. The molecular formula is C19H25N5O3S. The molecule has 1 aliphatic heterocycles. The van der Waals surface area contributed by atoms with Crippen molar-refractivity contribution in [2.75, 3.05) is 36.5 Å². The molecule has 3 heterocycles. The summed E-state index contributed by atoms with van der Waals surface area (Å²) in [5, 5.41) is 14.8. The highest BCUT2D eigenvalue weighted by Gasteiger charge is 2.39. The molecule has 1 saturated carbocycles. The van der Waals surface area contributed by atoms with Crippen molar-refractivity contribution >= 4 is 28.9 Å². The maximum absolute atomic E-state index is 12.7. The lowest BCUT2D eigenvalue weighted by molar-refractivity contribution is -0.385. The van der Waals surface area contributed by atoms with Gasteiger partial charge in [-0.1, -0.05) is 25.3 Å². The zero-order valence-corrected chi connectivity index (χ0v) is 16.6. The van der Waals surface area contributed by atoms with Crippen molar-refractivity contribution in [1.29, 1.82) is 0 Å². The van der Waals surface area contributed by atoms with Crippen LogP contribution in [0, 0.1) is 10.1 Å². The van der Waals surface area contributed by atoms with Gasteiger partial charge in [-0.15, -0.1) is 0 Å². The number of nitrogens with zero attached hydrogens (tertiary/aromatic N) is 4. The first-order valence-corrected chi connectivity index (χ1v) is 11.0. The molecule has 0 bridgehead atoms. The van der Waals surface area contributed by atoms with E-state index in [-0.39, 0.29) is 11.4 Å². The number of thioether (sulfide) groups is 1. The van der Waals surface area contributed by atoms with Gasteiger partial charge in [0, 0.05) is 42.9 Å². The van der Waals surface area contributed by atoms with Gasteiger partial charge in [-0.2, -0.15) is 11.8 Å². The molecule has 0 unspecified atom stereocenters. The number of nitro groups is 1. The first-order valence-electron chi connectivity index (χ1n) is 9.83. The van der Waals surface area contributed by atoms with E-state index in [0.29, 0.717) is 12.2 Å².